The first kappa shape index (κ1) is 13.1. The van der Waals surface area contributed by atoms with Gasteiger partial charge in [-0.1, -0.05) is 0 Å². The lowest BCUT2D eigenvalue weighted by atomic mass is 10.1. The van der Waals surface area contributed by atoms with Crippen LogP contribution in [-0.2, 0) is 4.74 Å². The summed E-state index contributed by atoms with van der Waals surface area (Å²) in [5.74, 6) is 0.919. The number of hydrogen-bond donors (Lipinski definition) is 2. The van der Waals surface area contributed by atoms with Crippen LogP contribution in [-0.4, -0.2) is 32.0 Å². The third-order valence-corrected chi connectivity index (χ3v) is 3.55. The zero-order valence-electron chi connectivity index (χ0n) is 11.2. The van der Waals surface area contributed by atoms with Gasteiger partial charge in [0.05, 0.1) is 11.7 Å². The Bertz CT molecular complexity index is 512. The van der Waals surface area contributed by atoms with E-state index in [0.29, 0.717) is 29.3 Å². The molecule has 3 N–H and O–H groups in total. The van der Waals surface area contributed by atoms with Crippen LogP contribution in [0.3, 0.4) is 0 Å². The Kier molecular flexibility index (Phi) is 3.64. The Balaban J connectivity index is 1.64. The Morgan fingerprint density at radius 2 is 2.10 bits per heavy atom. The second-order valence-corrected chi connectivity index (χ2v) is 4.99. The summed E-state index contributed by atoms with van der Waals surface area (Å²) < 4.78 is 16.0. The molecular formula is C14H18N2O4. The summed E-state index contributed by atoms with van der Waals surface area (Å²) in [6.07, 6.45) is 3.33. The van der Waals surface area contributed by atoms with E-state index in [4.69, 9.17) is 19.9 Å². The van der Waals surface area contributed by atoms with Gasteiger partial charge in [0.25, 0.3) is 5.91 Å². The normalized spacial score (nSPS) is 20.7. The van der Waals surface area contributed by atoms with Crippen LogP contribution in [0.15, 0.2) is 12.1 Å². The van der Waals surface area contributed by atoms with Crippen molar-refractivity contribution in [2.45, 2.75) is 25.4 Å². The molecule has 0 aromatic heterocycles. The van der Waals surface area contributed by atoms with Crippen LogP contribution in [0.2, 0.25) is 0 Å². The summed E-state index contributed by atoms with van der Waals surface area (Å²) in [6, 6.07) is 3.24. The molecule has 3 rings (SSSR count). The van der Waals surface area contributed by atoms with E-state index in [0.717, 1.165) is 25.9 Å². The summed E-state index contributed by atoms with van der Waals surface area (Å²) >= 11 is 0. The van der Waals surface area contributed by atoms with E-state index < -0.39 is 0 Å². The molecule has 2 heterocycles. The summed E-state index contributed by atoms with van der Waals surface area (Å²) in [6.45, 7) is 1.44. The van der Waals surface area contributed by atoms with Crippen molar-refractivity contribution in [2.24, 2.45) is 0 Å². The minimum absolute atomic E-state index is 0.0999. The Morgan fingerprint density at radius 1 is 1.30 bits per heavy atom. The standard InChI is InChI=1S/C14H18N2O4/c15-11-6-13-12(19-8-20-13)5-10(11)14(17)16-7-9-3-1-2-4-18-9/h5-6,9H,1-4,7-8,15H2,(H,16,17). The molecule has 20 heavy (non-hydrogen) atoms. The molecule has 0 saturated carbocycles. The maximum Gasteiger partial charge on any atom is 0.253 e. The van der Waals surface area contributed by atoms with Crippen molar-refractivity contribution in [1.29, 1.82) is 0 Å². The van der Waals surface area contributed by atoms with Crippen LogP contribution >= 0.6 is 0 Å². The van der Waals surface area contributed by atoms with Gasteiger partial charge in [0, 0.05) is 24.9 Å². The minimum atomic E-state index is -0.213. The number of hydrogen-bond acceptors (Lipinski definition) is 5. The van der Waals surface area contributed by atoms with E-state index in [1.165, 1.54) is 0 Å². The molecule has 0 bridgehead atoms. The number of carbonyl (C=O) groups is 1. The van der Waals surface area contributed by atoms with Crippen molar-refractivity contribution in [3.8, 4) is 11.5 Å². The highest BCUT2D eigenvalue weighted by Gasteiger charge is 2.21. The van der Waals surface area contributed by atoms with E-state index in [-0.39, 0.29) is 18.8 Å². The Labute approximate surface area is 117 Å². The van der Waals surface area contributed by atoms with Gasteiger partial charge in [0.15, 0.2) is 11.5 Å². The molecule has 1 aromatic rings. The fourth-order valence-electron chi connectivity index (χ4n) is 2.42. The molecule has 1 aromatic carbocycles. The largest absolute Gasteiger partial charge is 0.454 e. The van der Waals surface area contributed by atoms with Crippen LogP contribution < -0.4 is 20.5 Å². The Hall–Kier alpha value is -1.95. The van der Waals surface area contributed by atoms with Gasteiger partial charge < -0.3 is 25.3 Å². The van der Waals surface area contributed by atoms with Gasteiger partial charge in [-0.2, -0.15) is 0 Å². The van der Waals surface area contributed by atoms with Gasteiger partial charge in [-0.05, 0) is 25.3 Å². The molecule has 2 aliphatic rings. The SMILES string of the molecule is Nc1cc2c(cc1C(=O)NCC1CCCCO1)OCO2. The van der Waals surface area contributed by atoms with Crippen LogP contribution in [0.1, 0.15) is 29.6 Å². The molecular weight excluding hydrogens is 260 g/mol. The quantitative estimate of drug-likeness (QED) is 0.814. The summed E-state index contributed by atoms with van der Waals surface area (Å²) in [7, 11) is 0. The van der Waals surface area contributed by atoms with E-state index in [9.17, 15) is 4.79 Å². The van der Waals surface area contributed by atoms with Gasteiger partial charge in [0.1, 0.15) is 0 Å². The van der Waals surface area contributed by atoms with Crippen LogP contribution in [0.25, 0.3) is 0 Å². The van der Waals surface area contributed by atoms with Gasteiger partial charge in [-0.25, -0.2) is 0 Å². The second kappa shape index (κ2) is 5.58. The lowest BCUT2D eigenvalue weighted by Gasteiger charge is -2.22. The van der Waals surface area contributed by atoms with Crippen molar-refractivity contribution < 1.29 is 19.0 Å². The number of anilines is 1. The van der Waals surface area contributed by atoms with Crippen LogP contribution in [0, 0.1) is 0 Å². The first-order chi connectivity index (χ1) is 9.74. The molecule has 1 unspecified atom stereocenters. The molecule has 6 heteroatoms. The summed E-state index contributed by atoms with van der Waals surface area (Å²) in [4.78, 5) is 12.2. The summed E-state index contributed by atoms with van der Waals surface area (Å²) in [5.41, 5.74) is 6.67. The molecule has 1 amide bonds. The average Bonchev–Trinajstić information content (AvgIpc) is 2.92. The number of ether oxygens (including phenoxy) is 3. The number of nitrogens with one attached hydrogen (secondary N) is 1. The van der Waals surface area contributed by atoms with Crippen molar-refractivity contribution in [3.63, 3.8) is 0 Å². The zero-order valence-corrected chi connectivity index (χ0v) is 11.2. The number of nitrogen functional groups attached to an aromatic ring is 1. The highest BCUT2D eigenvalue weighted by atomic mass is 16.7. The van der Waals surface area contributed by atoms with E-state index in [1.807, 2.05) is 0 Å². The highest BCUT2D eigenvalue weighted by Crippen LogP contribution is 2.35. The maximum atomic E-state index is 12.2. The van der Waals surface area contributed by atoms with Crippen molar-refractivity contribution in [2.75, 3.05) is 25.7 Å². The van der Waals surface area contributed by atoms with E-state index >= 15 is 0 Å². The second-order valence-electron chi connectivity index (χ2n) is 4.99. The molecule has 1 atom stereocenters. The number of benzene rings is 1. The molecule has 2 aliphatic heterocycles. The first-order valence-electron chi connectivity index (χ1n) is 6.83. The monoisotopic (exact) mass is 278 g/mol. The van der Waals surface area contributed by atoms with Gasteiger partial charge in [0.2, 0.25) is 6.79 Å². The van der Waals surface area contributed by atoms with Crippen LogP contribution in [0.4, 0.5) is 5.69 Å². The number of fused-ring (bicyclic) bond motifs is 1. The topological polar surface area (TPSA) is 82.8 Å². The highest BCUT2D eigenvalue weighted by molar-refractivity contribution is 6.00. The van der Waals surface area contributed by atoms with E-state index in [2.05, 4.69) is 5.32 Å². The predicted octanol–water partition coefficient (Wildman–Crippen LogP) is 1.30. The number of nitrogens with two attached hydrogens (primary N) is 1. The molecule has 6 nitrogen and oxygen atoms in total. The van der Waals surface area contributed by atoms with Crippen molar-refractivity contribution in [3.05, 3.63) is 17.7 Å². The van der Waals surface area contributed by atoms with Crippen LogP contribution in [0.5, 0.6) is 11.5 Å². The fourth-order valence-corrected chi connectivity index (χ4v) is 2.42. The van der Waals surface area contributed by atoms with Crippen molar-refractivity contribution in [1.82, 2.24) is 5.32 Å². The third-order valence-electron chi connectivity index (χ3n) is 3.55. The molecule has 1 fully saturated rings. The predicted molar refractivity (Wildman–Crippen MR) is 72.9 cm³/mol. The molecule has 0 radical (unpaired) electrons. The van der Waals surface area contributed by atoms with Gasteiger partial charge >= 0.3 is 0 Å². The lowest BCUT2D eigenvalue weighted by molar-refractivity contribution is 0.0169. The zero-order chi connectivity index (χ0) is 13.9. The average molecular weight is 278 g/mol. The molecule has 0 aliphatic carbocycles. The maximum absolute atomic E-state index is 12.2. The number of carbonyl (C=O) groups excluding carboxylic acids is 1. The van der Waals surface area contributed by atoms with Gasteiger partial charge in [-0.3, -0.25) is 4.79 Å². The minimum Gasteiger partial charge on any atom is -0.454 e. The lowest BCUT2D eigenvalue weighted by Crippen LogP contribution is -2.35. The smallest absolute Gasteiger partial charge is 0.253 e. The van der Waals surface area contributed by atoms with Gasteiger partial charge in [-0.15, -0.1) is 0 Å². The van der Waals surface area contributed by atoms with E-state index in [1.54, 1.807) is 12.1 Å². The number of amides is 1. The molecule has 1 saturated heterocycles. The number of rotatable bonds is 3. The third kappa shape index (κ3) is 2.65. The summed E-state index contributed by atoms with van der Waals surface area (Å²) in [5, 5.41) is 2.86. The fraction of sp³-hybridized carbons (Fsp3) is 0.500. The molecule has 0 spiro atoms. The van der Waals surface area contributed by atoms with Crippen molar-refractivity contribution >= 4 is 11.6 Å². The first-order valence-corrected chi connectivity index (χ1v) is 6.83. The Morgan fingerprint density at radius 3 is 2.85 bits per heavy atom. The molecule has 108 valence electrons.